The Hall–Kier alpha value is -1.82. The standard InChI is InChI=1S/C21H32N2O4/c1-12-17(14(3)24)13(2)22-18(12)19(26)27-9-16(25)23-11-21(6)8-15(23)7-20(4,5)10-21/h14-15,22,24H,7-11H2,1-6H3/t14-,15-,21-/m1/s1. The lowest BCUT2D eigenvalue weighted by Crippen LogP contribution is -2.39. The number of aliphatic hydroxyl groups is 1. The van der Waals surface area contributed by atoms with Gasteiger partial charge in [-0.15, -0.1) is 0 Å². The molecule has 1 aromatic heterocycles. The van der Waals surface area contributed by atoms with E-state index in [1.54, 1.807) is 13.8 Å². The second-order valence-electron chi connectivity index (χ2n) is 9.65. The molecule has 1 amide bonds. The van der Waals surface area contributed by atoms with Gasteiger partial charge in [-0.2, -0.15) is 0 Å². The Labute approximate surface area is 161 Å². The van der Waals surface area contributed by atoms with Gasteiger partial charge in [-0.25, -0.2) is 4.79 Å². The third-order valence-corrected chi connectivity index (χ3v) is 6.18. The third-order valence-electron chi connectivity index (χ3n) is 6.18. The molecule has 1 aromatic rings. The molecule has 1 aliphatic carbocycles. The van der Waals surface area contributed by atoms with Crippen molar-refractivity contribution in [2.24, 2.45) is 10.8 Å². The number of hydrogen-bond donors (Lipinski definition) is 2. The Bertz CT molecular complexity index is 764. The van der Waals surface area contributed by atoms with Gasteiger partial charge < -0.3 is 19.7 Å². The summed E-state index contributed by atoms with van der Waals surface area (Å²) in [5.41, 5.74) is 2.82. The maximum absolute atomic E-state index is 12.7. The first kappa shape index (κ1) is 19.9. The van der Waals surface area contributed by atoms with E-state index >= 15 is 0 Å². The summed E-state index contributed by atoms with van der Waals surface area (Å²) >= 11 is 0. The summed E-state index contributed by atoms with van der Waals surface area (Å²) in [5, 5.41) is 9.86. The van der Waals surface area contributed by atoms with Crippen molar-refractivity contribution in [2.45, 2.75) is 73.0 Å². The summed E-state index contributed by atoms with van der Waals surface area (Å²) in [6.07, 6.45) is 2.47. The van der Waals surface area contributed by atoms with Crippen LogP contribution in [-0.2, 0) is 9.53 Å². The molecule has 3 atom stereocenters. The SMILES string of the molecule is Cc1[nH]c(C(=O)OCC(=O)N2C[C@]3(C)C[C@H]2CC(C)(C)C3)c(C)c1[C@@H](C)O. The number of rotatable bonds is 4. The molecule has 2 bridgehead atoms. The lowest BCUT2D eigenvalue weighted by molar-refractivity contribution is -0.135. The highest BCUT2D eigenvalue weighted by atomic mass is 16.5. The van der Waals surface area contributed by atoms with Gasteiger partial charge in [-0.3, -0.25) is 4.79 Å². The second kappa shape index (κ2) is 6.66. The average molecular weight is 376 g/mol. The molecule has 0 radical (unpaired) electrons. The fourth-order valence-electron chi connectivity index (χ4n) is 5.63. The highest BCUT2D eigenvalue weighted by Gasteiger charge is 2.50. The summed E-state index contributed by atoms with van der Waals surface area (Å²) in [4.78, 5) is 30.1. The van der Waals surface area contributed by atoms with Crippen molar-refractivity contribution in [3.05, 3.63) is 22.5 Å². The maximum Gasteiger partial charge on any atom is 0.355 e. The number of nitrogens with zero attached hydrogens (tertiary/aromatic N) is 1. The van der Waals surface area contributed by atoms with Gasteiger partial charge >= 0.3 is 5.97 Å². The minimum Gasteiger partial charge on any atom is -0.451 e. The van der Waals surface area contributed by atoms with Crippen molar-refractivity contribution >= 4 is 11.9 Å². The number of fused-ring (bicyclic) bond motifs is 2. The molecule has 0 spiro atoms. The van der Waals surface area contributed by atoms with Crippen LogP contribution in [0.3, 0.4) is 0 Å². The van der Waals surface area contributed by atoms with Crippen LogP contribution in [0.15, 0.2) is 0 Å². The van der Waals surface area contributed by atoms with Crippen molar-refractivity contribution < 1.29 is 19.4 Å². The van der Waals surface area contributed by atoms with Crippen molar-refractivity contribution in [3.63, 3.8) is 0 Å². The number of aromatic nitrogens is 1. The number of aryl methyl sites for hydroxylation is 1. The Morgan fingerprint density at radius 2 is 1.96 bits per heavy atom. The topological polar surface area (TPSA) is 82.6 Å². The van der Waals surface area contributed by atoms with E-state index in [2.05, 4.69) is 25.8 Å². The van der Waals surface area contributed by atoms with Crippen molar-refractivity contribution in [2.75, 3.05) is 13.2 Å². The molecule has 1 saturated carbocycles. The van der Waals surface area contributed by atoms with Crippen molar-refractivity contribution in [1.82, 2.24) is 9.88 Å². The van der Waals surface area contributed by atoms with Crippen LogP contribution in [0.4, 0.5) is 0 Å². The van der Waals surface area contributed by atoms with Crippen LogP contribution < -0.4 is 0 Å². The number of amides is 1. The van der Waals surface area contributed by atoms with Crippen molar-refractivity contribution in [3.8, 4) is 0 Å². The molecule has 0 unspecified atom stereocenters. The van der Waals surface area contributed by atoms with Gasteiger partial charge in [0.2, 0.25) is 0 Å². The highest BCUT2D eigenvalue weighted by Crippen LogP contribution is 2.52. The molecule has 2 fully saturated rings. The number of hydrogen-bond acceptors (Lipinski definition) is 4. The van der Waals surface area contributed by atoms with Crippen LogP contribution >= 0.6 is 0 Å². The van der Waals surface area contributed by atoms with E-state index in [1.807, 2.05) is 11.8 Å². The minimum atomic E-state index is -0.669. The van der Waals surface area contributed by atoms with Crippen LogP contribution in [0.5, 0.6) is 0 Å². The number of aromatic amines is 1. The predicted molar refractivity (Wildman–Crippen MR) is 102 cm³/mol. The fraction of sp³-hybridized carbons (Fsp3) is 0.714. The first-order valence-corrected chi connectivity index (χ1v) is 9.76. The Morgan fingerprint density at radius 3 is 2.56 bits per heavy atom. The zero-order chi connectivity index (χ0) is 20.1. The van der Waals surface area contributed by atoms with Crippen LogP contribution in [0.2, 0.25) is 0 Å². The lowest BCUT2D eigenvalue weighted by atomic mass is 9.65. The predicted octanol–water partition coefficient (Wildman–Crippen LogP) is 3.27. The van der Waals surface area contributed by atoms with Crippen LogP contribution in [0.25, 0.3) is 0 Å². The Balaban J connectivity index is 1.65. The molecule has 27 heavy (non-hydrogen) atoms. The number of carbonyl (C=O) groups excluding carboxylic acids is 2. The summed E-state index contributed by atoms with van der Waals surface area (Å²) in [6.45, 7) is 12.5. The zero-order valence-electron chi connectivity index (χ0n) is 17.3. The van der Waals surface area contributed by atoms with Gasteiger partial charge in [0.1, 0.15) is 5.69 Å². The number of likely N-dealkylation sites (tertiary alicyclic amines) is 1. The molecule has 2 aliphatic rings. The van der Waals surface area contributed by atoms with Crippen LogP contribution in [0.1, 0.15) is 80.4 Å². The summed E-state index contributed by atoms with van der Waals surface area (Å²) in [6, 6.07) is 0.237. The highest BCUT2D eigenvalue weighted by molar-refractivity contribution is 5.91. The molecule has 150 valence electrons. The van der Waals surface area contributed by atoms with E-state index in [0.29, 0.717) is 16.8 Å². The van der Waals surface area contributed by atoms with Crippen LogP contribution in [0, 0.1) is 24.7 Å². The molecule has 6 heteroatoms. The number of esters is 1. The first-order chi connectivity index (χ1) is 12.4. The Kier molecular flexibility index (Phi) is 4.91. The smallest absolute Gasteiger partial charge is 0.355 e. The zero-order valence-corrected chi connectivity index (χ0v) is 17.3. The quantitative estimate of drug-likeness (QED) is 0.790. The Morgan fingerprint density at radius 1 is 1.30 bits per heavy atom. The van der Waals surface area contributed by atoms with Gasteiger partial charge in [-0.05, 0) is 56.4 Å². The van der Waals surface area contributed by atoms with E-state index in [0.717, 1.165) is 31.5 Å². The first-order valence-electron chi connectivity index (χ1n) is 9.76. The number of H-pyrrole nitrogens is 1. The molecule has 2 N–H and O–H groups in total. The number of carbonyl (C=O) groups is 2. The van der Waals surface area contributed by atoms with Crippen LogP contribution in [-0.4, -0.2) is 46.1 Å². The fourth-order valence-corrected chi connectivity index (χ4v) is 5.63. The lowest BCUT2D eigenvalue weighted by Gasteiger charge is -2.39. The largest absolute Gasteiger partial charge is 0.451 e. The van der Waals surface area contributed by atoms with E-state index in [-0.39, 0.29) is 29.4 Å². The second-order valence-corrected chi connectivity index (χ2v) is 9.65. The number of aliphatic hydroxyl groups excluding tert-OH is 1. The number of ether oxygens (including phenoxy) is 1. The van der Waals surface area contributed by atoms with Gasteiger partial charge in [0, 0.05) is 23.8 Å². The summed E-state index contributed by atoms with van der Waals surface area (Å²) in [7, 11) is 0. The maximum atomic E-state index is 12.7. The number of nitrogens with one attached hydrogen (secondary N) is 1. The van der Waals surface area contributed by atoms with E-state index in [1.165, 1.54) is 0 Å². The summed E-state index contributed by atoms with van der Waals surface area (Å²) < 4.78 is 5.32. The molecule has 1 saturated heterocycles. The average Bonchev–Trinajstić information content (AvgIpc) is 2.96. The molecular weight excluding hydrogens is 344 g/mol. The van der Waals surface area contributed by atoms with E-state index < -0.39 is 12.1 Å². The van der Waals surface area contributed by atoms with E-state index in [4.69, 9.17) is 4.74 Å². The van der Waals surface area contributed by atoms with Gasteiger partial charge in [0.15, 0.2) is 6.61 Å². The molecule has 6 nitrogen and oxygen atoms in total. The third kappa shape index (κ3) is 3.77. The van der Waals surface area contributed by atoms with Gasteiger partial charge in [-0.1, -0.05) is 20.8 Å². The molecule has 1 aliphatic heterocycles. The van der Waals surface area contributed by atoms with Crippen molar-refractivity contribution in [1.29, 1.82) is 0 Å². The van der Waals surface area contributed by atoms with E-state index in [9.17, 15) is 14.7 Å². The molecule has 0 aromatic carbocycles. The molecule has 2 heterocycles. The monoisotopic (exact) mass is 376 g/mol. The summed E-state index contributed by atoms with van der Waals surface area (Å²) in [5.74, 6) is -0.670. The van der Waals surface area contributed by atoms with Gasteiger partial charge in [0.05, 0.1) is 6.10 Å². The minimum absolute atomic E-state index is 0.119. The molecule has 3 rings (SSSR count). The molecular formula is C21H32N2O4. The van der Waals surface area contributed by atoms with Gasteiger partial charge in [0.25, 0.3) is 5.91 Å². The normalized spacial score (nSPS) is 27.5.